The Morgan fingerprint density at radius 2 is 1.78 bits per heavy atom. The van der Waals surface area contributed by atoms with Gasteiger partial charge in [-0.25, -0.2) is 0 Å². The molecule has 0 fully saturated rings. The fourth-order valence-corrected chi connectivity index (χ4v) is 3.43. The van der Waals surface area contributed by atoms with E-state index in [4.69, 9.17) is 0 Å². The van der Waals surface area contributed by atoms with E-state index in [1.54, 1.807) is 12.4 Å². The van der Waals surface area contributed by atoms with Crippen LogP contribution in [0.25, 0.3) is 5.70 Å². The van der Waals surface area contributed by atoms with Crippen LogP contribution < -0.4 is 5.32 Å². The van der Waals surface area contributed by atoms with Gasteiger partial charge in [-0.05, 0) is 36.6 Å². The molecule has 2 heterocycles. The molecule has 0 amide bonds. The van der Waals surface area contributed by atoms with Crippen molar-refractivity contribution in [2.45, 2.75) is 25.2 Å². The van der Waals surface area contributed by atoms with Gasteiger partial charge in [-0.15, -0.1) is 0 Å². The largest absolute Gasteiger partial charge is 0.358 e. The van der Waals surface area contributed by atoms with Crippen LogP contribution in [-0.2, 0) is 4.79 Å². The Morgan fingerprint density at radius 1 is 1.00 bits per heavy atom. The average molecular weight is 302 g/mol. The molecule has 1 aromatic carbocycles. The number of nitrogens with zero attached hydrogens (tertiary/aromatic N) is 1. The summed E-state index contributed by atoms with van der Waals surface area (Å²) in [4.78, 5) is 16.6. The highest BCUT2D eigenvalue weighted by Gasteiger charge is 2.31. The Balaban J connectivity index is 1.83. The molecule has 0 saturated heterocycles. The number of Topliss-reactive ketones (excluding diaryl/α,β-unsaturated/α-hetero) is 1. The van der Waals surface area contributed by atoms with Crippen molar-refractivity contribution in [3.8, 4) is 0 Å². The van der Waals surface area contributed by atoms with E-state index >= 15 is 0 Å². The Kier molecular flexibility index (Phi) is 3.54. The van der Waals surface area contributed by atoms with Gasteiger partial charge in [0.1, 0.15) is 0 Å². The summed E-state index contributed by atoms with van der Waals surface area (Å²) in [5.74, 6) is 0.307. The molecule has 2 aliphatic rings. The Labute approximate surface area is 135 Å². The molecule has 2 aromatic rings. The molecular weight excluding hydrogens is 284 g/mol. The van der Waals surface area contributed by atoms with Crippen LogP contribution in [0, 0.1) is 0 Å². The highest BCUT2D eigenvalue weighted by molar-refractivity contribution is 6.00. The van der Waals surface area contributed by atoms with Gasteiger partial charge in [-0.2, -0.15) is 0 Å². The molecule has 0 spiro atoms. The molecular formula is C20H18N2O. The molecule has 1 N–H and O–H groups in total. The normalized spacial score (nSPS) is 20.6. The summed E-state index contributed by atoms with van der Waals surface area (Å²) >= 11 is 0. The van der Waals surface area contributed by atoms with Gasteiger partial charge < -0.3 is 5.32 Å². The third kappa shape index (κ3) is 2.59. The fourth-order valence-electron chi connectivity index (χ4n) is 3.43. The van der Waals surface area contributed by atoms with Gasteiger partial charge in [0.2, 0.25) is 0 Å². The number of allylic oxidation sites excluding steroid dienone is 3. The highest BCUT2D eigenvalue weighted by atomic mass is 16.1. The summed E-state index contributed by atoms with van der Waals surface area (Å²) in [7, 11) is 0. The maximum absolute atomic E-state index is 12.5. The van der Waals surface area contributed by atoms with Crippen molar-refractivity contribution in [3.63, 3.8) is 0 Å². The summed E-state index contributed by atoms with van der Waals surface area (Å²) < 4.78 is 0. The second-order valence-corrected chi connectivity index (χ2v) is 6.00. The zero-order valence-electron chi connectivity index (χ0n) is 12.8. The lowest BCUT2D eigenvalue weighted by Crippen LogP contribution is -2.28. The Hall–Kier alpha value is -2.68. The van der Waals surface area contributed by atoms with E-state index in [0.29, 0.717) is 6.42 Å². The number of carbonyl (C=O) groups is 1. The van der Waals surface area contributed by atoms with Gasteiger partial charge in [0.15, 0.2) is 5.78 Å². The average Bonchev–Trinajstić information content (AvgIpc) is 2.62. The van der Waals surface area contributed by atoms with Crippen molar-refractivity contribution >= 4 is 11.5 Å². The number of aromatic nitrogens is 1. The first kappa shape index (κ1) is 13.9. The number of ketones is 1. The Bertz CT molecular complexity index is 791. The van der Waals surface area contributed by atoms with Gasteiger partial charge >= 0.3 is 0 Å². The molecule has 0 saturated carbocycles. The van der Waals surface area contributed by atoms with Gasteiger partial charge in [-0.3, -0.25) is 9.78 Å². The SMILES string of the molecule is O=C1CCCC2=C1C(c1ccccc1)C=C(c1ccncc1)N2. The Morgan fingerprint density at radius 3 is 2.57 bits per heavy atom. The number of nitrogens with one attached hydrogen (secondary N) is 1. The minimum atomic E-state index is 0.0309. The van der Waals surface area contributed by atoms with E-state index < -0.39 is 0 Å². The first-order valence-corrected chi connectivity index (χ1v) is 8.03. The van der Waals surface area contributed by atoms with E-state index in [0.717, 1.165) is 35.4 Å². The predicted octanol–water partition coefficient (Wildman–Crippen LogP) is 3.82. The minimum absolute atomic E-state index is 0.0309. The van der Waals surface area contributed by atoms with Crippen LogP contribution in [0.5, 0.6) is 0 Å². The van der Waals surface area contributed by atoms with E-state index in [2.05, 4.69) is 28.5 Å². The standard InChI is InChI=1S/C20H18N2O/c23-19-8-4-7-17-20(19)16(14-5-2-1-3-6-14)13-18(22-17)15-9-11-21-12-10-15/h1-3,5-6,9-13,16,22H,4,7-8H2. The topological polar surface area (TPSA) is 42.0 Å². The summed E-state index contributed by atoms with van der Waals surface area (Å²) in [6, 6.07) is 14.3. The summed E-state index contributed by atoms with van der Waals surface area (Å²) in [6.07, 6.45) is 8.29. The van der Waals surface area contributed by atoms with E-state index in [1.807, 2.05) is 30.3 Å². The third-order valence-electron chi connectivity index (χ3n) is 4.54. The van der Waals surface area contributed by atoms with Crippen LogP contribution in [0.3, 0.4) is 0 Å². The molecule has 1 aliphatic carbocycles. The molecule has 1 atom stereocenters. The zero-order valence-corrected chi connectivity index (χ0v) is 12.8. The molecule has 3 heteroatoms. The monoisotopic (exact) mass is 302 g/mol. The van der Waals surface area contributed by atoms with Crippen molar-refractivity contribution in [3.05, 3.63) is 83.3 Å². The maximum atomic E-state index is 12.5. The number of hydrogen-bond donors (Lipinski definition) is 1. The molecule has 23 heavy (non-hydrogen) atoms. The van der Waals surface area contributed by atoms with Crippen LogP contribution in [0.1, 0.15) is 36.3 Å². The van der Waals surface area contributed by atoms with Crippen LogP contribution in [0.2, 0.25) is 0 Å². The number of pyridine rings is 1. The maximum Gasteiger partial charge on any atom is 0.161 e. The van der Waals surface area contributed by atoms with Crippen LogP contribution in [0.4, 0.5) is 0 Å². The molecule has 1 aromatic heterocycles. The molecule has 1 unspecified atom stereocenters. The first-order chi connectivity index (χ1) is 11.3. The number of benzene rings is 1. The lowest BCUT2D eigenvalue weighted by Gasteiger charge is -2.31. The molecule has 4 rings (SSSR count). The van der Waals surface area contributed by atoms with Crippen molar-refractivity contribution in [2.75, 3.05) is 0 Å². The van der Waals surface area contributed by atoms with Crippen LogP contribution in [0.15, 0.2) is 72.2 Å². The number of carbonyl (C=O) groups excluding carboxylic acids is 1. The molecule has 114 valence electrons. The number of hydrogen-bond acceptors (Lipinski definition) is 3. The first-order valence-electron chi connectivity index (χ1n) is 8.03. The second-order valence-electron chi connectivity index (χ2n) is 6.00. The van der Waals surface area contributed by atoms with Gasteiger partial charge in [-0.1, -0.05) is 30.3 Å². The second kappa shape index (κ2) is 5.84. The number of rotatable bonds is 2. The third-order valence-corrected chi connectivity index (χ3v) is 4.54. The molecule has 1 aliphatic heterocycles. The molecule has 3 nitrogen and oxygen atoms in total. The quantitative estimate of drug-likeness (QED) is 0.917. The van der Waals surface area contributed by atoms with Gasteiger partial charge in [0, 0.05) is 47.3 Å². The van der Waals surface area contributed by atoms with Gasteiger partial charge in [0.25, 0.3) is 0 Å². The van der Waals surface area contributed by atoms with E-state index in [9.17, 15) is 4.79 Å². The predicted molar refractivity (Wildman–Crippen MR) is 90.4 cm³/mol. The summed E-state index contributed by atoms with van der Waals surface area (Å²) in [6.45, 7) is 0. The van der Waals surface area contributed by atoms with Crippen LogP contribution in [-0.4, -0.2) is 10.8 Å². The van der Waals surface area contributed by atoms with Crippen molar-refractivity contribution < 1.29 is 4.79 Å². The van der Waals surface area contributed by atoms with Crippen molar-refractivity contribution in [1.82, 2.24) is 10.3 Å². The molecule has 0 bridgehead atoms. The summed E-state index contributed by atoms with van der Waals surface area (Å²) in [5.41, 5.74) is 5.37. The van der Waals surface area contributed by atoms with Crippen molar-refractivity contribution in [1.29, 1.82) is 0 Å². The fraction of sp³-hybridized carbons (Fsp3) is 0.200. The van der Waals surface area contributed by atoms with E-state index in [1.165, 1.54) is 5.56 Å². The zero-order chi connectivity index (χ0) is 15.6. The number of dihydropyridines is 1. The van der Waals surface area contributed by atoms with E-state index in [-0.39, 0.29) is 11.7 Å². The lowest BCUT2D eigenvalue weighted by molar-refractivity contribution is -0.116. The van der Waals surface area contributed by atoms with Crippen LogP contribution >= 0.6 is 0 Å². The molecule has 0 radical (unpaired) electrons. The lowest BCUT2D eigenvalue weighted by atomic mass is 9.79. The minimum Gasteiger partial charge on any atom is -0.358 e. The smallest absolute Gasteiger partial charge is 0.161 e. The van der Waals surface area contributed by atoms with Gasteiger partial charge in [0.05, 0.1) is 0 Å². The van der Waals surface area contributed by atoms with Crippen molar-refractivity contribution in [2.24, 2.45) is 0 Å². The summed E-state index contributed by atoms with van der Waals surface area (Å²) in [5, 5.41) is 3.49. The highest BCUT2D eigenvalue weighted by Crippen LogP contribution is 2.39.